The van der Waals surface area contributed by atoms with Crippen molar-refractivity contribution in [3.63, 3.8) is 0 Å². The molecule has 1 N–H and O–H groups in total. The maximum atomic E-state index is 14.0. The summed E-state index contributed by atoms with van der Waals surface area (Å²) in [4.78, 5) is 29.0. The molecule has 4 bridgehead atoms. The predicted octanol–water partition coefficient (Wildman–Crippen LogP) is 3.99. The van der Waals surface area contributed by atoms with Gasteiger partial charge in [0.2, 0.25) is 11.8 Å². The molecule has 1 aromatic rings. The van der Waals surface area contributed by atoms with Crippen LogP contribution in [0.4, 0.5) is 8.78 Å². The molecule has 1 aromatic carbocycles. The Morgan fingerprint density at radius 2 is 1.61 bits per heavy atom. The quantitative estimate of drug-likeness (QED) is 0.628. The summed E-state index contributed by atoms with van der Waals surface area (Å²) in [6.45, 7) is 2.37. The zero-order valence-corrected chi connectivity index (χ0v) is 19.7. The first kappa shape index (κ1) is 23.0. The van der Waals surface area contributed by atoms with E-state index in [1.54, 1.807) is 4.90 Å². The SMILES string of the molecule is O=C(CC12CC3CC(CC(C3)C1)C2)NCC(=O)N1CCN(Cc2cc(Cl)cc(F)c2F)CC1. The van der Waals surface area contributed by atoms with Crippen LogP contribution in [0.2, 0.25) is 5.02 Å². The smallest absolute Gasteiger partial charge is 0.242 e. The Balaban J connectivity index is 1.06. The van der Waals surface area contributed by atoms with E-state index >= 15 is 0 Å². The number of carbonyl (C=O) groups is 2. The zero-order chi connectivity index (χ0) is 23.2. The summed E-state index contributed by atoms with van der Waals surface area (Å²) in [5, 5.41) is 3.04. The lowest BCUT2D eigenvalue weighted by Gasteiger charge is -2.56. The minimum Gasteiger partial charge on any atom is -0.347 e. The van der Waals surface area contributed by atoms with Gasteiger partial charge in [-0.2, -0.15) is 0 Å². The Bertz CT molecular complexity index is 897. The van der Waals surface area contributed by atoms with Crippen molar-refractivity contribution in [3.05, 3.63) is 34.4 Å². The van der Waals surface area contributed by atoms with Gasteiger partial charge in [-0.25, -0.2) is 8.78 Å². The molecular formula is C25H32ClF2N3O2. The summed E-state index contributed by atoms with van der Waals surface area (Å²) in [5.74, 6) is 0.502. The van der Waals surface area contributed by atoms with Crippen LogP contribution in [-0.2, 0) is 16.1 Å². The molecule has 0 atom stereocenters. The maximum Gasteiger partial charge on any atom is 0.242 e. The Morgan fingerprint density at radius 1 is 1.00 bits per heavy atom. The Kier molecular flexibility index (Phi) is 6.38. The van der Waals surface area contributed by atoms with E-state index in [0.717, 1.165) is 23.8 Å². The standard InChI is InChI=1S/C25H32ClF2N3O2/c26-20-8-19(24(28)21(27)9-20)15-30-1-3-31(4-2-30)23(33)14-29-22(32)13-25-10-16-5-17(11-25)7-18(6-16)12-25/h8-9,16-18H,1-7,10-15H2,(H,29,32). The van der Waals surface area contributed by atoms with Crippen molar-refractivity contribution >= 4 is 23.4 Å². The average Bonchev–Trinajstić information content (AvgIpc) is 2.74. The van der Waals surface area contributed by atoms with Crippen molar-refractivity contribution in [1.82, 2.24) is 15.1 Å². The largest absolute Gasteiger partial charge is 0.347 e. The first-order chi connectivity index (χ1) is 15.8. The molecule has 1 aliphatic heterocycles. The van der Waals surface area contributed by atoms with Crippen LogP contribution in [0.15, 0.2) is 12.1 Å². The molecule has 5 nitrogen and oxygen atoms in total. The number of carbonyl (C=O) groups excluding carboxylic acids is 2. The van der Waals surface area contributed by atoms with Gasteiger partial charge < -0.3 is 10.2 Å². The van der Waals surface area contributed by atoms with Crippen molar-refractivity contribution in [2.75, 3.05) is 32.7 Å². The van der Waals surface area contributed by atoms with Crippen LogP contribution in [0.1, 0.15) is 50.5 Å². The highest BCUT2D eigenvalue weighted by Gasteiger charge is 2.51. The molecule has 4 aliphatic carbocycles. The lowest BCUT2D eigenvalue weighted by Crippen LogP contribution is -2.51. The number of nitrogens with zero attached hydrogens (tertiary/aromatic N) is 2. The third kappa shape index (κ3) is 5.04. The second-order valence-corrected chi connectivity index (χ2v) is 11.3. The lowest BCUT2D eigenvalue weighted by atomic mass is 9.49. The van der Waals surface area contributed by atoms with Gasteiger partial charge >= 0.3 is 0 Å². The van der Waals surface area contributed by atoms with E-state index in [4.69, 9.17) is 11.6 Å². The molecule has 0 spiro atoms. The second kappa shape index (κ2) is 9.14. The molecule has 1 heterocycles. The Morgan fingerprint density at radius 3 is 2.21 bits per heavy atom. The summed E-state index contributed by atoms with van der Waals surface area (Å²) in [5.41, 5.74) is 0.388. The van der Waals surface area contributed by atoms with Crippen LogP contribution >= 0.6 is 11.6 Å². The van der Waals surface area contributed by atoms with Crippen LogP contribution in [0, 0.1) is 34.8 Å². The van der Waals surface area contributed by atoms with Crippen LogP contribution in [0.3, 0.4) is 0 Å². The zero-order valence-electron chi connectivity index (χ0n) is 18.9. The highest BCUT2D eigenvalue weighted by molar-refractivity contribution is 6.30. The van der Waals surface area contributed by atoms with Crippen molar-refractivity contribution < 1.29 is 18.4 Å². The van der Waals surface area contributed by atoms with Gasteiger partial charge in [0.15, 0.2) is 11.6 Å². The molecule has 0 aromatic heterocycles. The normalized spacial score (nSPS) is 31.1. The monoisotopic (exact) mass is 479 g/mol. The minimum atomic E-state index is -0.949. The van der Waals surface area contributed by atoms with Crippen LogP contribution in [0.5, 0.6) is 0 Å². The van der Waals surface area contributed by atoms with Gasteiger partial charge in [-0.15, -0.1) is 0 Å². The molecule has 180 valence electrons. The fraction of sp³-hybridized carbons (Fsp3) is 0.680. The number of hydrogen-bond acceptors (Lipinski definition) is 3. The summed E-state index contributed by atoms with van der Waals surface area (Å²) in [6.07, 6.45) is 8.15. The second-order valence-electron chi connectivity index (χ2n) is 10.9. The molecule has 33 heavy (non-hydrogen) atoms. The van der Waals surface area contributed by atoms with Crippen molar-refractivity contribution in [3.8, 4) is 0 Å². The summed E-state index contributed by atoms with van der Waals surface area (Å²) >= 11 is 5.85. The third-order valence-electron chi connectivity index (χ3n) is 8.32. The Labute approximate surface area is 198 Å². The van der Waals surface area contributed by atoms with Gasteiger partial charge in [-0.3, -0.25) is 14.5 Å². The molecule has 0 radical (unpaired) electrons. The van der Waals surface area contributed by atoms with E-state index in [1.807, 2.05) is 4.90 Å². The van der Waals surface area contributed by atoms with E-state index < -0.39 is 11.6 Å². The van der Waals surface area contributed by atoms with Gasteiger partial charge in [0.1, 0.15) is 0 Å². The van der Waals surface area contributed by atoms with Crippen LogP contribution in [-0.4, -0.2) is 54.3 Å². The fourth-order valence-electron chi connectivity index (χ4n) is 7.32. The molecule has 8 heteroatoms. The fourth-order valence-corrected chi connectivity index (χ4v) is 7.54. The molecule has 6 rings (SSSR count). The number of benzene rings is 1. The van der Waals surface area contributed by atoms with E-state index in [2.05, 4.69) is 5.32 Å². The molecule has 4 saturated carbocycles. The number of piperazine rings is 1. The summed E-state index contributed by atoms with van der Waals surface area (Å²) in [7, 11) is 0. The predicted molar refractivity (Wildman–Crippen MR) is 121 cm³/mol. The number of rotatable bonds is 6. The average molecular weight is 480 g/mol. The molecular weight excluding hydrogens is 448 g/mol. The van der Waals surface area contributed by atoms with Gasteiger partial charge in [0.25, 0.3) is 0 Å². The number of nitrogens with one attached hydrogen (secondary N) is 1. The van der Waals surface area contributed by atoms with E-state index in [-0.39, 0.29) is 40.9 Å². The molecule has 0 unspecified atom stereocenters. The first-order valence-corrected chi connectivity index (χ1v) is 12.6. The van der Waals surface area contributed by atoms with Crippen molar-refractivity contribution in [2.24, 2.45) is 23.2 Å². The molecule has 5 fully saturated rings. The van der Waals surface area contributed by atoms with Gasteiger partial charge in [-0.05, 0) is 73.8 Å². The first-order valence-electron chi connectivity index (χ1n) is 12.2. The van der Waals surface area contributed by atoms with E-state index in [9.17, 15) is 18.4 Å². The minimum absolute atomic E-state index is 0.00222. The van der Waals surface area contributed by atoms with Gasteiger partial charge in [0.05, 0.1) is 6.54 Å². The number of amides is 2. The van der Waals surface area contributed by atoms with Crippen LogP contribution in [0.25, 0.3) is 0 Å². The highest BCUT2D eigenvalue weighted by atomic mass is 35.5. The Hall–Kier alpha value is -1.73. The van der Waals surface area contributed by atoms with Crippen molar-refractivity contribution in [1.29, 1.82) is 0 Å². The van der Waals surface area contributed by atoms with Gasteiger partial charge in [0, 0.05) is 49.7 Å². The highest BCUT2D eigenvalue weighted by Crippen LogP contribution is 2.61. The number of hydrogen-bond donors (Lipinski definition) is 1. The maximum absolute atomic E-state index is 14.0. The van der Waals surface area contributed by atoms with Crippen molar-refractivity contribution in [2.45, 2.75) is 51.5 Å². The van der Waals surface area contributed by atoms with E-state index in [1.165, 1.54) is 44.6 Å². The molecule has 5 aliphatic rings. The summed E-state index contributed by atoms with van der Waals surface area (Å²) < 4.78 is 27.6. The molecule has 1 saturated heterocycles. The topological polar surface area (TPSA) is 52.7 Å². The van der Waals surface area contributed by atoms with Crippen LogP contribution < -0.4 is 5.32 Å². The molecule has 2 amide bonds. The van der Waals surface area contributed by atoms with Gasteiger partial charge in [-0.1, -0.05) is 11.6 Å². The number of halogens is 3. The third-order valence-corrected chi connectivity index (χ3v) is 8.54. The van der Waals surface area contributed by atoms with E-state index in [0.29, 0.717) is 32.6 Å². The summed E-state index contributed by atoms with van der Waals surface area (Å²) in [6, 6.07) is 2.41. The lowest BCUT2D eigenvalue weighted by molar-refractivity contribution is -0.136.